The number of esters is 4. The molecule has 0 saturated heterocycles. The summed E-state index contributed by atoms with van der Waals surface area (Å²) in [4.78, 5) is 72.5. The first-order valence-corrected chi connectivity index (χ1v) is 42.6. The molecule has 2 unspecified atom stereocenters. The third-order valence-corrected chi connectivity index (χ3v) is 19.7. The van der Waals surface area contributed by atoms with Gasteiger partial charge >= 0.3 is 39.5 Å². The van der Waals surface area contributed by atoms with E-state index in [9.17, 15) is 43.2 Å². The molecule has 0 radical (unpaired) electrons. The summed E-state index contributed by atoms with van der Waals surface area (Å²) in [5, 5.41) is 10.6. The standard InChI is InChI=1S/C76H148O17P2/c1-6-9-12-15-17-19-21-23-25-26-27-30-34-37-41-45-50-55-60-74(79)87-66-72(93-76(81)62-57-52-47-43-39-35-31-28-29-32-36-40-44-49-53-58-69(4)5)68-91-95(84,85)89-64-70(77)63-88-94(82,83)90-67-71(65-86-73(78)59-54-48-14-11-8-3)92-75(80)61-56-51-46-42-38-33-24-22-20-18-16-13-10-7-2/h69-72,77H,6-68H2,1-5H3,(H,82,83)(H,84,85)/t70-,71+,72+/m0/s1. The molecule has 0 aliphatic carbocycles. The van der Waals surface area contributed by atoms with Crippen molar-refractivity contribution < 1.29 is 80.2 Å². The predicted octanol–water partition coefficient (Wildman–Crippen LogP) is 22.5. The van der Waals surface area contributed by atoms with Crippen molar-refractivity contribution in [3.8, 4) is 0 Å². The van der Waals surface area contributed by atoms with Crippen molar-refractivity contribution >= 4 is 39.5 Å². The van der Waals surface area contributed by atoms with Crippen LogP contribution in [0.5, 0.6) is 0 Å². The van der Waals surface area contributed by atoms with Gasteiger partial charge in [-0.1, -0.05) is 349 Å². The molecule has 564 valence electrons. The lowest BCUT2D eigenvalue weighted by Gasteiger charge is -2.21. The number of phosphoric acid groups is 2. The number of phosphoric ester groups is 2. The summed E-state index contributed by atoms with van der Waals surface area (Å²) < 4.78 is 68.3. The van der Waals surface area contributed by atoms with Crippen molar-refractivity contribution in [2.75, 3.05) is 39.6 Å². The van der Waals surface area contributed by atoms with E-state index in [0.29, 0.717) is 25.7 Å². The van der Waals surface area contributed by atoms with Crippen LogP contribution in [0.4, 0.5) is 0 Å². The van der Waals surface area contributed by atoms with Crippen molar-refractivity contribution in [3.63, 3.8) is 0 Å². The number of aliphatic hydroxyl groups is 1. The molecule has 0 fully saturated rings. The van der Waals surface area contributed by atoms with Gasteiger partial charge < -0.3 is 33.8 Å². The second-order valence-electron chi connectivity index (χ2n) is 27.9. The zero-order valence-electron chi connectivity index (χ0n) is 61.8. The molecule has 0 saturated carbocycles. The molecule has 0 aromatic rings. The monoisotopic (exact) mass is 1400 g/mol. The molecule has 19 heteroatoms. The number of hydrogen-bond acceptors (Lipinski definition) is 15. The Bertz CT molecular complexity index is 1820. The maximum atomic E-state index is 13.1. The van der Waals surface area contributed by atoms with Crippen LogP contribution >= 0.6 is 15.6 Å². The van der Waals surface area contributed by atoms with Gasteiger partial charge in [0.15, 0.2) is 12.2 Å². The molecule has 0 rings (SSSR count). The van der Waals surface area contributed by atoms with Gasteiger partial charge in [0.05, 0.1) is 26.4 Å². The largest absolute Gasteiger partial charge is 0.472 e. The fraction of sp³-hybridized carbons (Fsp3) is 0.947. The Labute approximate surface area is 581 Å². The highest BCUT2D eigenvalue weighted by atomic mass is 31.2. The van der Waals surface area contributed by atoms with Gasteiger partial charge in [-0.2, -0.15) is 0 Å². The molecule has 0 aromatic carbocycles. The zero-order valence-corrected chi connectivity index (χ0v) is 63.6. The summed E-state index contributed by atoms with van der Waals surface area (Å²) in [7, 11) is -9.90. The van der Waals surface area contributed by atoms with Crippen molar-refractivity contribution in [1.82, 2.24) is 0 Å². The molecular formula is C76H148O17P2. The van der Waals surface area contributed by atoms with E-state index >= 15 is 0 Å². The lowest BCUT2D eigenvalue weighted by molar-refractivity contribution is -0.161. The summed E-state index contributed by atoms with van der Waals surface area (Å²) >= 11 is 0. The smallest absolute Gasteiger partial charge is 0.462 e. The van der Waals surface area contributed by atoms with E-state index in [4.69, 9.17) is 37.0 Å². The van der Waals surface area contributed by atoms with Gasteiger partial charge in [-0.3, -0.25) is 37.3 Å². The van der Waals surface area contributed by atoms with Crippen LogP contribution in [0.3, 0.4) is 0 Å². The van der Waals surface area contributed by atoms with Gasteiger partial charge in [-0.05, 0) is 31.6 Å². The highest BCUT2D eigenvalue weighted by Crippen LogP contribution is 2.45. The summed E-state index contributed by atoms with van der Waals surface area (Å²) in [6.45, 7) is 7.24. The van der Waals surface area contributed by atoms with Gasteiger partial charge in [0, 0.05) is 25.7 Å². The number of aliphatic hydroxyl groups excluding tert-OH is 1. The Morgan fingerprint density at radius 3 is 0.716 bits per heavy atom. The summed E-state index contributed by atoms with van der Waals surface area (Å²) in [5.41, 5.74) is 0. The van der Waals surface area contributed by atoms with Crippen molar-refractivity contribution in [3.05, 3.63) is 0 Å². The molecule has 0 amide bonds. The summed E-state index contributed by atoms with van der Waals surface area (Å²) in [5.74, 6) is -1.32. The lowest BCUT2D eigenvalue weighted by atomic mass is 10.0. The van der Waals surface area contributed by atoms with Crippen molar-refractivity contribution in [2.45, 2.75) is 419 Å². The van der Waals surface area contributed by atoms with Gasteiger partial charge in [0.25, 0.3) is 0 Å². The highest BCUT2D eigenvalue weighted by Gasteiger charge is 2.30. The van der Waals surface area contributed by atoms with E-state index in [-0.39, 0.29) is 25.7 Å². The number of unbranched alkanes of at least 4 members (excludes halogenated alkanes) is 48. The lowest BCUT2D eigenvalue weighted by Crippen LogP contribution is -2.30. The van der Waals surface area contributed by atoms with E-state index in [2.05, 4.69) is 34.6 Å². The van der Waals surface area contributed by atoms with Crippen LogP contribution in [0.25, 0.3) is 0 Å². The molecule has 5 atom stereocenters. The van der Waals surface area contributed by atoms with E-state index in [1.54, 1.807) is 0 Å². The molecule has 0 bridgehead atoms. The number of hydrogen-bond donors (Lipinski definition) is 3. The van der Waals surface area contributed by atoms with E-state index in [1.807, 2.05) is 0 Å². The highest BCUT2D eigenvalue weighted by molar-refractivity contribution is 7.47. The first-order chi connectivity index (χ1) is 46.0. The van der Waals surface area contributed by atoms with Crippen molar-refractivity contribution in [1.29, 1.82) is 0 Å². The number of carbonyl (C=O) groups excluding carboxylic acids is 4. The molecule has 0 aromatic heterocycles. The van der Waals surface area contributed by atoms with E-state index in [1.165, 1.54) is 218 Å². The topological polar surface area (TPSA) is 237 Å². The Kier molecular flexibility index (Phi) is 67.7. The van der Waals surface area contributed by atoms with Gasteiger partial charge in [0.1, 0.15) is 19.3 Å². The second kappa shape index (κ2) is 69.2. The first kappa shape index (κ1) is 93.1. The van der Waals surface area contributed by atoms with E-state index in [0.717, 1.165) is 102 Å². The molecule has 95 heavy (non-hydrogen) atoms. The minimum Gasteiger partial charge on any atom is -0.462 e. The van der Waals surface area contributed by atoms with Crippen LogP contribution in [0.15, 0.2) is 0 Å². The normalized spacial score (nSPS) is 13.9. The molecule has 0 aliphatic heterocycles. The van der Waals surface area contributed by atoms with Crippen LogP contribution in [0.2, 0.25) is 0 Å². The predicted molar refractivity (Wildman–Crippen MR) is 386 cm³/mol. The Morgan fingerprint density at radius 1 is 0.284 bits per heavy atom. The summed E-state index contributed by atoms with van der Waals surface area (Å²) in [6, 6.07) is 0. The molecule has 0 spiro atoms. The maximum Gasteiger partial charge on any atom is 0.472 e. The van der Waals surface area contributed by atoms with Crippen LogP contribution in [0.1, 0.15) is 401 Å². The van der Waals surface area contributed by atoms with Crippen LogP contribution < -0.4 is 0 Å². The number of ether oxygens (including phenoxy) is 4. The van der Waals surface area contributed by atoms with Crippen molar-refractivity contribution in [2.24, 2.45) is 5.92 Å². The fourth-order valence-electron chi connectivity index (χ4n) is 11.7. The maximum absolute atomic E-state index is 13.1. The number of carbonyl (C=O) groups is 4. The van der Waals surface area contributed by atoms with E-state index < -0.39 is 97.5 Å². The van der Waals surface area contributed by atoms with Gasteiger partial charge in [-0.15, -0.1) is 0 Å². The SMILES string of the molecule is CCCCCCCCCCCCCCCCCCCCC(=O)OC[C@H](COP(=O)(O)OC[C@@H](O)COP(=O)(O)OC[C@@H](COC(=O)CCCCCCC)OC(=O)CCCCCCCCCCCCCCCC)OC(=O)CCCCCCCCCCCCCCCCCC(C)C. The Morgan fingerprint density at radius 2 is 0.484 bits per heavy atom. The molecule has 3 N–H and O–H groups in total. The quantitative estimate of drug-likeness (QED) is 0.0222. The molecule has 17 nitrogen and oxygen atoms in total. The zero-order chi connectivity index (χ0) is 69.8. The third kappa shape index (κ3) is 70.3. The first-order valence-electron chi connectivity index (χ1n) is 39.6. The molecular weight excluding hydrogens is 1250 g/mol. The summed E-state index contributed by atoms with van der Waals surface area (Å²) in [6.07, 6.45) is 58.7. The second-order valence-corrected chi connectivity index (χ2v) is 30.8. The van der Waals surface area contributed by atoms with Gasteiger partial charge in [0.2, 0.25) is 0 Å². The minimum atomic E-state index is -4.95. The van der Waals surface area contributed by atoms with Crippen LogP contribution in [0, 0.1) is 5.92 Å². The average Bonchev–Trinajstić information content (AvgIpc) is 2.05. The Hall–Kier alpha value is -1.94. The molecule has 0 aliphatic rings. The third-order valence-electron chi connectivity index (χ3n) is 17.8. The van der Waals surface area contributed by atoms with Gasteiger partial charge in [-0.25, -0.2) is 9.13 Å². The number of rotatable bonds is 76. The van der Waals surface area contributed by atoms with Crippen LogP contribution in [-0.2, 0) is 65.4 Å². The average molecular weight is 1400 g/mol. The van der Waals surface area contributed by atoms with Crippen LogP contribution in [-0.4, -0.2) is 96.7 Å². The minimum absolute atomic E-state index is 0.107. The molecule has 0 heterocycles. The Balaban J connectivity index is 5.14. The fourth-order valence-corrected chi connectivity index (χ4v) is 13.3.